The molecule has 4 atom stereocenters. The molecule has 4 unspecified atom stereocenters. The summed E-state index contributed by atoms with van der Waals surface area (Å²) in [5.74, 6) is -1.38. The molecule has 4 N–H and O–H groups in total. The van der Waals surface area contributed by atoms with Crippen molar-refractivity contribution in [3.63, 3.8) is 0 Å². The molecule has 1 fully saturated rings. The molecule has 1 aromatic rings. The van der Waals surface area contributed by atoms with E-state index in [-0.39, 0.29) is 18.0 Å². The number of piperazine rings is 1. The van der Waals surface area contributed by atoms with Crippen LogP contribution in [0.5, 0.6) is 0 Å². The van der Waals surface area contributed by atoms with Gasteiger partial charge in [0, 0.05) is 17.8 Å². The average molecular weight is 305 g/mol. The Morgan fingerprint density at radius 2 is 1.68 bits per heavy atom. The molecule has 6 nitrogen and oxygen atoms in total. The molecule has 0 aliphatic carbocycles. The van der Waals surface area contributed by atoms with Crippen LogP contribution in [0.3, 0.4) is 0 Å². The smallest absolute Gasteiger partial charge is 0.322 e. The molecular weight excluding hydrogens is 282 g/mol. The minimum absolute atomic E-state index is 0.00459. The maximum absolute atomic E-state index is 12.5. The van der Waals surface area contributed by atoms with E-state index in [2.05, 4.69) is 16.0 Å². The number of nitrogens with one attached hydrogen (secondary N) is 3. The number of carboxylic acid groups (broad SMARTS) is 1. The number of anilines is 1. The van der Waals surface area contributed by atoms with E-state index >= 15 is 0 Å². The van der Waals surface area contributed by atoms with Gasteiger partial charge < -0.3 is 10.4 Å². The van der Waals surface area contributed by atoms with Crippen LogP contribution in [0.1, 0.15) is 25.0 Å². The molecule has 1 amide bonds. The zero-order valence-corrected chi connectivity index (χ0v) is 13.3. The Bertz CT molecular complexity index is 588. The van der Waals surface area contributed by atoms with E-state index in [0.29, 0.717) is 5.69 Å². The van der Waals surface area contributed by atoms with E-state index in [4.69, 9.17) is 0 Å². The third kappa shape index (κ3) is 3.45. The Kier molecular flexibility index (Phi) is 4.83. The number of carboxylic acids is 1. The van der Waals surface area contributed by atoms with E-state index in [1.165, 1.54) is 0 Å². The molecule has 2 rings (SSSR count). The zero-order chi connectivity index (χ0) is 16.4. The second-order valence-electron chi connectivity index (χ2n) is 6.01. The number of hydrogen-bond donors (Lipinski definition) is 4. The number of rotatable bonds is 3. The van der Waals surface area contributed by atoms with Crippen molar-refractivity contribution < 1.29 is 14.7 Å². The Morgan fingerprint density at radius 1 is 1.09 bits per heavy atom. The molecule has 0 aromatic heterocycles. The number of benzene rings is 1. The van der Waals surface area contributed by atoms with Gasteiger partial charge in [0.25, 0.3) is 0 Å². The highest BCUT2D eigenvalue weighted by molar-refractivity contribution is 5.99. The summed E-state index contributed by atoms with van der Waals surface area (Å²) in [4.78, 5) is 23.9. The van der Waals surface area contributed by atoms with E-state index in [0.717, 1.165) is 11.1 Å². The summed E-state index contributed by atoms with van der Waals surface area (Å²) >= 11 is 0. The summed E-state index contributed by atoms with van der Waals surface area (Å²) < 4.78 is 0. The second-order valence-corrected chi connectivity index (χ2v) is 6.01. The largest absolute Gasteiger partial charge is 0.480 e. The number of carbonyl (C=O) groups is 2. The van der Waals surface area contributed by atoms with Crippen LogP contribution in [-0.2, 0) is 9.59 Å². The van der Waals surface area contributed by atoms with Gasteiger partial charge in [-0.1, -0.05) is 12.1 Å². The number of aliphatic carboxylic acids is 1. The summed E-state index contributed by atoms with van der Waals surface area (Å²) in [5.41, 5.74) is 2.69. The minimum Gasteiger partial charge on any atom is -0.480 e. The van der Waals surface area contributed by atoms with Crippen molar-refractivity contribution in [2.24, 2.45) is 0 Å². The highest BCUT2D eigenvalue weighted by Crippen LogP contribution is 2.18. The summed E-state index contributed by atoms with van der Waals surface area (Å²) in [6, 6.07) is 3.99. The molecule has 1 aliphatic heterocycles. The third-order valence-corrected chi connectivity index (χ3v) is 4.17. The van der Waals surface area contributed by atoms with Gasteiger partial charge >= 0.3 is 5.97 Å². The van der Waals surface area contributed by atoms with Gasteiger partial charge in [-0.15, -0.1) is 0 Å². The van der Waals surface area contributed by atoms with Crippen molar-refractivity contribution in [3.05, 3.63) is 29.3 Å². The van der Waals surface area contributed by atoms with Crippen LogP contribution in [0, 0.1) is 13.8 Å². The molecule has 120 valence electrons. The van der Waals surface area contributed by atoms with Crippen molar-refractivity contribution in [2.45, 2.75) is 51.9 Å². The van der Waals surface area contributed by atoms with E-state index < -0.39 is 18.1 Å². The SMILES string of the molecule is Cc1ccc(C)c(NC(=O)C2NC(C)C(C)NC2C(=O)O)c1. The van der Waals surface area contributed by atoms with Crippen LogP contribution in [0.15, 0.2) is 18.2 Å². The fourth-order valence-corrected chi connectivity index (χ4v) is 2.57. The first-order valence-electron chi connectivity index (χ1n) is 7.42. The maximum atomic E-state index is 12.5. The fraction of sp³-hybridized carbons (Fsp3) is 0.500. The summed E-state index contributed by atoms with van der Waals surface area (Å²) in [6.07, 6.45) is 0. The Labute approximate surface area is 130 Å². The molecule has 0 saturated carbocycles. The van der Waals surface area contributed by atoms with Gasteiger partial charge in [0.15, 0.2) is 0 Å². The Morgan fingerprint density at radius 3 is 2.27 bits per heavy atom. The lowest BCUT2D eigenvalue weighted by Crippen LogP contribution is -2.69. The molecule has 6 heteroatoms. The van der Waals surface area contributed by atoms with Gasteiger partial charge in [0.1, 0.15) is 12.1 Å². The van der Waals surface area contributed by atoms with Gasteiger partial charge in [-0.25, -0.2) is 0 Å². The molecular formula is C16H23N3O3. The normalized spacial score (nSPS) is 28.2. The first-order chi connectivity index (χ1) is 10.3. The fourth-order valence-electron chi connectivity index (χ4n) is 2.57. The van der Waals surface area contributed by atoms with Crippen LogP contribution >= 0.6 is 0 Å². The van der Waals surface area contributed by atoms with Crippen LogP contribution in [0.2, 0.25) is 0 Å². The van der Waals surface area contributed by atoms with Crippen molar-refractivity contribution in [1.29, 1.82) is 0 Å². The molecule has 0 spiro atoms. The lowest BCUT2D eigenvalue weighted by atomic mass is 9.97. The number of hydrogen-bond acceptors (Lipinski definition) is 4. The van der Waals surface area contributed by atoms with Crippen molar-refractivity contribution in [1.82, 2.24) is 10.6 Å². The molecule has 1 saturated heterocycles. The second kappa shape index (κ2) is 6.46. The Hall–Kier alpha value is -1.92. The minimum atomic E-state index is -1.03. The number of aryl methyl sites for hydroxylation is 2. The summed E-state index contributed by atoms with van der Waals surface area (Å²) in [7, 11) is 0. The lowest BCUT2D eigenvalue weighted by molar-refractivity contribution is -0.143. The Balaban J connectivity index is 2.19. The third-order valence-electron chi connectivity index (χ3n) is 4.17. The van der Waals surface area contributed by atoms with Crippen LogP contribution in [-0.4, -0.2) is 41.2 Å². The molecule has 1 heterocycles. The molecule has 1 aromatic carbocycles. The molecule has 22 heavy (non-hydrogen) atoms. The van der Waals surface area contributed by atoms with Gasteiger partial charge in [-0.3, -0.25) is 20.2 Å². The zero-order valence-electron chi connectivity index (χ0n) is 13.3. The predicted molar refractivity (Wildman–Crippen MR) is 85.0 cm³/mol. The van der Waals surface area contributed by atoms with E-state index in [1.54, 1.807) is 0 Å². The topological polar surface area (TPSA) is 90.5 Å². The maximum Gasteiger partial charge on any atom is 0.322 e. The van der Waals surface area contributed by atoms with Crippen molar-refractivity contribution in [2.75, 3.05) is 5.32 Å². The van der Waals surface area contributed by atoms with Crippen LogP contribution < -0.4 is 16.0 Å². The van der Waals surface area contributed by atoms with Gasteiger partial charge in [0.2, 0.25) is 5.91 Å². The predicted octanol–water partition coefficient (Wildman–Crippen LogP) is 1.03. The van der Waals surface area contributed by atoms with E-state index in [9.17, 15) is 14.7 Å². The van der Waals surface area contributed by atoms with Gasteiger partial charge in [-0.2, -0.15) is 0 Å². The average Bonchev–Trinajstić information content (AvgIpc) is 2.45. The van der Waals surface area contributed by atoms with Gasteiger partial charge in [0.05, 0.1) is 0 Å². The first kappa shape index (κ1) is 16.5. The monoisotopic (exact) mass is 305 g/mol. The number of carbonyl (C=O) groups excluding carboxylic acids is 1. The van der Waals surface area contributed by atoms with E-state index in [1.807, 2.05) is 45.9 Å². The molecule has 0 radical (unpaired) electrons. The summed E-state index contributed by atoms with van der Waals surface area (Å²) in [6.45, 7) is 7.67. The number of amides is 1. The van der Waals surface area contributed by atoms with Gasteiger partial charge in [-0.05, 0) is 44.9 Å². The molecule has 1 aliphatic rings. The van der Waals surface area contributed by atoms with Crippen LogP contribution in [0.4, 0.5) is 5.69 Å². The summed E-state index contributed by atoms with van der Waals surface area (Å²) in [5, 5.41) is 18.3. The van der Waals surface area contributed by atoms with Crippen molar-refractivity contribution in [3.8, 4) is 0 Å². The highest BCUT2D eigenvalue weighted by Gasteiger charge is 2.40. The highest BCUT2D eigenvalue weighted by atomic mass is 16.4. The molecule has 0 bridgehead atoms. The van der Waals surface area contributed by atoms with Crippen molar-refractivity contribution >= 4 is 17.6 Å². The van der Waals surface area contributed by atoms with Crippen LogP contribution in [0.25, 0.3) is 0 Å². The first-order valence-corrected chi connectivity index (χ1v) is 7.42. The lowest BCUT2D eigenvalue weighted by Gasteiger charge is -2.38. The quantitative estimate of drug-likeness (QED) is 0.670. The standard InChI is InChI=1S/C16H23N3O3/c1-8-5-6-9(2)12(7-8)19-15(20)13-14(16(21)22)18-11(4)10(3)17-13/h5-7,10-11,13-14,17-18H,1-4H3,(H,19,20)(H,21,22).